The molecule has 7 nitrogen and oxygen atoms in total. The number of nitrogens with one attached hydrogen (secondary N) is 2. The molecule has 0 aliphatic carbocycles. The fourth-order valence-electron chi connectivity index (χ4n) is 2.27. The van der Waals surface area contributed by atoms with Gasteiger partial charge in [-0.2, -0.15) is 0 Å². The van der Waals surface area contributed by atoms with E-state index in [1.165, 1.54) is 14.2 Å². The highest BCUT2D eigenvalue weighted by molar-refractivity contribution is 14.0. The van der Waals surface area contributed by atoms with Crippen LogP contribution in [0.15, 0.2) is 23.2 Å². The van der Waals surface area contributed by atoms with Crippen molar-refractivity contribution in [2.45, 2.75) is 32.7 Å². The third-order valence-electron chi connectivity index (χ3n) is 3.75. The van der Waals surface area contributed by atoms with E-state index in [4.69, 9.17) is 14.2 Å². The highest BCUT2D eigenvalue weighted by atomic mass is 127. The van der Waals surface area contributed by atoms with Crippen LogP contribution in [0.2, 0.25) is 0 Å². The van der Waals surface area contributed by atoms with Gasteiger partial charge in [0.1, 0.15) is 11.3 Å². The van der Waals surface area contributed by atoms with Crippen LogP contribution in [0.5, 0.6) is 5.75 Å². The Morgan fingerprint density at radius 3 is 2.52 bits per heavy atom. The predicted octanol–water partition coefficient (Wildman–Crippen LogP) is 2.97. The summed E-state index contributed by atoms with van der Waals surface area (Å²) >= 11 is 0. The van der Waals surface area contributed by atoms with Gasteiger partial charge in [-0.25, -0.2) is 4.79 Å². The Balaban J connectivity index is 0.00000676. The molecule has 0 aliphatic rings. The number of ether oxygens (including phenoxy) is 3. The first-order valence-electron chi connectivity index (χ1n) is 8.93. The van der Waals surface area contributed by atoms with Crippen LogP contribution >= 0.6 is 24.0 Å². The van der Waals surface area contributed by atoms with Gasteiger partial charge >= 0.3 is 5.97 Å². The van der Waals surface area contributed by atoms with E-state index >= 15 is 0 Å². The van der Waals surface area contributed by atoms with Crippen molar-refractivity contribution in [1.82, 2.24) is 10.6 Å². The highest BCUT2D eigenvalue weighted by Crippen LogP contribution is 2.20. The number of hydrogen-bond acceptors (Lipinski definition) is 5. The number of carbonyl (C=O) groups is 1. The Kier molecular flexibility index (Phi) is 14.6. The van der Waals surface area contributed by atoms with Gasteiger partial charge in [-0.05, 0) is 30.5 Å². The van der Waals surface area contributed by atoms with Crippen LogP contribution in [0.1, 0.15) is 42.1 Å². The van der Waals surface area contributed by atoms with Gasteiger partial charge in [-0.1, -0.05) is 19.4 Å². The van der Waals surface area contributed by atoms with Gasteiger partial charge in [-0.3, -0.25) is 4.99 Å². The molecule has 0 saturated heterocycles. The Labute approximate surface area is 179 Å². The molecule has 0 unspecified atom stereocenters. The molecule has 0 aliphatic heterocycles. The molecule has 0 radical (unpaired) electrons. The van der Waals surface area contributed by atoms with Crippen molar-refractivity contribution < 1.29 is 19.0 Å². The van der Waals surface area contributed by atoms with Crippen molar-refractivity contribution in [3.8, 4) is 5.75 Å². The first-order chi connectivity index (χ1) is 12.7. The molecule has 154 valence electrons. The molecule has 0 spiro atoms. The van der Waals surface area contributed by atoms with Gasteiger partial charge in [0.2, 0.25) is 0 Å². The average Bonchev–Trinajstić information content (AvgIpc) is 2.68. The van der Waals surface area contributed by atoms with Crippen LogP contribution in [0, 0.1) is 0 Å². The maximum atomic E-state index is 11.8. The molecule has 1 rings (SSSR count). The average molecular weight is 493 g/mol. The van der Waals surface area contributed by atoms with Crippen LogP contribution in [0.4, 0.5) is 0 Å². The number of aliphatic imine (C=N–C) groups is 1. The lowest BCUT2D eigenvalue weighted by molar-refractivity contribution is 0.0597. The summed E-state index contributed by atoms with van der Waals surface area (Å²) in [5.74, 6) is 0.773. The number of esters is 1. The number of halogens is 1. The summed E-state index contributed by atoms with van der Waals surface area (Å²) in [4.78, 5) is 16.0. The predicted molar refractivity (Wildman–Crippen MR) is 118 cm³/mol. The molecular weight excluding hydrogens is 461 g/mol. The van der Waals surface area contributed by atoms with Crippen LogP contribution in [-0.2, 0) is 16.0 Å². The largest absolute Gasteiger partial charge is 0.496 e. The molecule has 2 N–H and O–H groups in total. The van der Waals surface area contributed by atoms with Crippen molar-refractivity contribution in [3.05, 3.63) is 29.3 Å². The minimum atomic E-state index is -0.422. The standard InChI is InChI=1S/C19H31N3O4.HI/c1-5-6-11-26-12-7-10-21-19(20-2)22-14-15-8-9-17(24-3)16(13-15)18(23)25-4;/h8-9,13H,5-7,10-12,14H2,1-4H3,(H2,20,21,22);1H. The van der Waals surface area contributed by atoms with E-state index in [-0.39, 0.29) is 24.0 Å². The summed E-state index contributed by atoms with van der Waals surface area (Å²) in [6.07, 6.45) is 3.17. The van der Waals surface area contributed by atoms with E-state index in [0.29, 0.717) is 23.8 Å². The molecule has 0 amide bonds. The lowest BCUT2D eigenvalue weighted by Crippen LogP contribution is -2.37. The molecule has 0 bridgehead atoms. The van der Waals surface area contributed by atoms with E-state index in [0.717, 1.165) is 44.6 Å². The molecule has 0 heterocycles. The zero-order chi connectivity index (χ0) is 19.2. The summed E-state index contributed by atoms with van der Waals surface area (Å²) in [7, 11) is 4.60. The number of rotatable bonds is 11. The monoisotopic (exact) mass is 493 g/mol. The summed E-state index contributed by atoms with van der Waals surface area (Å²) in [5, 5.41) is 6.47. The number of unbranched alkanes of at least 4 members (excludes halogenated alkanes) is 1. The van der Waals surface area contributed by atoms with Gasteiger partial charge in [0.25, 0.3) is 0 Å². The Bertz CT molecular complexity index is 582. The maximum Gasteiger partial charge on any atom is 0.341 e. The van der Waals surface area contributed by atoms with Gasteiger partial charge in [0, 0.05) is 33.4 Å². The normalized spacial score (nSPS) is 10.7. The Morgan fingerprint density at radius 1 is 1.15 bits per heavy atom. The van der Waals surface area contributed by atoms with E-state index < -0.39 is 5.97 Å². The van der Waals surface area contributed by atoms with Crippen molar-refractivity contribution >= 4 is 35.9 Å². The van der Waals surface area contributed by atoms with E-state index in [1.54, 1.807) is 19.2 Å². The maximum absolute atomic E-state index is 11.8. The van der Waals surface area contributed by atoms with Gasteiger partial charge in [-0.15, -0.1) is 24.0 Å². The Morgan fingerprint density at radius 2 is 1.89 bits per heavy atom. The number of guanidine groups is 1. The first kappa shape index (κ1) is 25.4. The van der Waals surface area contributed by atoms with Crippen LogP contribution in [0.25, 0.3) is 0 Å². The zero-order valence-electron chi connectivity index (χ0n) is 16.7. The van der Waals surface area contributed by atoms with Crippen molar-refractivity contribution in [3.63, 3.8) is 0 Å². The van der Waals surface area contributed by atoms with Gasteiger partial charge in [0.05, 0.1) is 14.2 Å². The van der Waals surface area contributed by atoms with E-state index in [1.807, 2.05) is 6.07 Å². The van der Waals surface area contributed by atoms with Crippen LogP contribution in [-0.4, -0.2) is 53.0 Å². The van der Waals surface area contributed by atoms with E-state index in [9.17, 15) is 4.79 Å². The molecule has 1 aromatic carbocycles. The number of benzene rings is 1. The van der Waals surface area contributed by atoms with Crippen molar-refractivity contribution in [2.24, 2.45) is 4.99 Å². The smallest absolute Gasteiger partial charge is 0.341 e. The molecule has 0 aromatic heterocycles. The fraction of sp³-hybridized carbons (Fsp3) is 0.579. The second kappa shape index (κ2) is 15.5. The number of carbonyl (C=O) groups excluding carboxylic acids is 1. The number of hydrogen-bond donors (Lipinski definition) is 2. The molecular formula is C19H32IN3O4. The SMILES string of the molecule is CCCCOCCCNC(=NC)NCc1ccc(OC)c(C(=O)OC)c1.I. The van der Waals surface area contributed by atoms with Gasteiger partial charge < -0.3 is 24.8 Å². The summed E-state index contributed by atoms with van der Waals surface area (Å²) in [6.45, 7) is 5.02. The molecule has 8 heteroatoms. The van der Waals surface area contributed by atoms with Crippen molar-refractivity contribution in [1.29, 1.82) is 0 Å². The summed E-state index contributed by atoms with van der Waals surface area (Å²) in [6, 6.07) is 5.41. The highest BCUT2D eigenvalue weighted by Gasteiger charge is 2.13. The number of methoxy groups -OCH3 is 2. The molecule has 0 fully saturated rings. The minimum Gasteiger partial charge on any atom is -0.496 e. The second-order valence-electron chi connectivity index (χ2n) is 5.70. The quantitative estimate of drug-likeness (QED) is 0.162. The summed E-state index contributed by atoms with van der Waals surface area (Å²) < 4.78 is 15.5. The first-order valence-corrected chi connectivity index (χ1v) is 8.93. The molecule has 0 saturated carbocycles. The fourth-order valence-corrected chi connectivity index (χ4v) is 2.27. The topological polar surface area (TPSA) is 81.2 Å². The third-order valence-corrected chi connectivity index (χ3v) is 3.75. The van der Waals surface area contributed by atoms with Crippen LogP contribution < -0.4 is 15.4 Å². The minimum absolute atomic E-state index is 0. The molecule has 1 aromatic rings. The summed E-state index contributed by atoms with van der Waals surface area (Å²) in [5.41, 5.74) is 1.33. The van der Waals surface area contributed by atoms with Crippen LogP contribution in [0.3, 0.4) is 0 Å². The lowest BCUT2D eigenvalue weighted by atomic mass is 10.1. The zero-order valence-corrected chi connectivity index (χ0v) is 19.0. The second-order valence-corrected chi connectivity index (χ2v) is 5.70. The number of nitrogens with zero attached hydrogens (tertiary/aromatic N) is 1. The molecule has 27 heavy (non-hydrogen) atoms. The van der Waals surface area contributed by atoms with Gasteiger partial charge in [0.15, 0.2) is 5.96 Å². The van der Waals surface area contributed by atoms with Crippen molar-refractivity contribution in [2.75, 3.05) is 41.0 Å². The Hall–Kier alpha value is -1.55. The third kappa shape index (κ3) is 9.81. The van der Waals surface area contributed by atoms with E-state index in [2.05, 4.69) is 22.5 Å². The lowest BCUT2D eigenvalue weighted by Gasteiger charge is -2.13. The molecule has 0 atom stereocenters.